The Morgan fingerprint density at radius 1 is 1.39 bits per heavy atom. The number of aromatic nitrogens is 5. The van der Waals surface area contributed by atoms with Gasteiger partial charge in [-0.2, -0.15) is 5.10 Å². The van der Waals surface area contributed by atoms with Crippen LogP contribution in [0.15, 0.2) is 31.0 Å². The van der Waals surface area contributed by atoms with Crippen LogP contribution in [0.1, 0.15) is 12.8 Å². The van der Waals surface area contributed by atoms with Gasteiger partial charge in [-0.25, -0.2) is 9.97 Å². The zero-order valence-electron chi connectivity index (χ0n) is 12.4. The lowest BCUT2D eigenvalue weighted by Crippen LogP contribution is -2.28. The first kappa shape index (κ1) is 14.5. The van der Waals surface area contributed by atoms with Crippen LogP contribution >= 0.6 is 11.6 Å². The Morgan fingerprint density at radius 3 is 3.13 bits per heavy atom. The minimum absolute atomic E-state index is 0.0409. The first-order valence-corrected chi connectivity index (χ1v) is 7.97. The summed E-state index contributed by atoms with van der Waals surface area (Å²) in [5, 5.41) is 18.5. The van der Waals surface area contributed by atoms with Crippen LogP contribution in [-0.4, -0.2) is 42.0 Å². The van der Waals surface area contributed by atoms with E-state index in [9.17, 15) is 5.11 Å². The number of H-pyrrole nitrogens is 1. The molecule has 0 aromatic carbocycles. The van der Waals surface area contributed by atoms with Crippen LogP contribution in [0.3, 0.4) is 0 Å². The molecule has 1 unspecified atom stereocenters. The Labute approximate surface area is 137 Å². The maximum Gasteiger partial charge on any atom is 0.154 e. The molecular weight excluding hydrogens is 316 g/mol. The van der Waals surface area contributed by atoms with Crippen LogP contribution in [0.4, 0.5) is 5.82 Å². The SMILES string of the molecule is O[C@@H]1CC(Cn2cc(Cl)cn2)C[C@H]1Nc1nccc2[nH]cnc12. The van der Waals surface area contributed by atoms with Crippen molar-refractivity contribution in [3.63, 3.8) is 0 Å². The number of aliphatic hydroxyl groups is 1. The summed E-state index contributed by atoms with van der Waals surface area (Å²) in [6, 6.07) is 1.84. The van der Waals surface area contributed by atoms with Gasteiger partial charge in [-0.1, -0.05) is 11.6 Å². The van der Waals surface area contributed by atoms with Gasteiger partial charge in [0.25, 0.3) is 0 Å². The van der Waals surface area contributed by atoms with Crippen LogP contribution < -0.4 is 5.32 Å². The highest BCUT2D eigenvalue weighted by atomic mass is 35.5. The molecule has 0 amide bonds. The number of rotatable bonds is 4. The molecule has 7 nitrogen and oxygen atoms in total. The molecule has 1 aliphatic rings. The van der Waals surface area contributed by atoms with Crippen molar-refractivity contribution in [1.82, 2.24) is 24.7 Å². The number of nitrogens with one attached hydrogen (secondary N) is 2. The molecule has 1 fully saturated rings. The fraction of sp³-hybridized carbons (Fsp3) is 0.400. The standard InChI is InChI=1S/C15H17ClN6O/c16-10-5-20-22(7-10)6-9-3-12(13(23)4-9)21-15-14-11(1-2-17-15)18-8-19-14/h1-2,5,7-9,12-13,23H,3-4,6H2,(H,17,21)(H,18,19)/t9?,12-,13-/m1/s1. The van der Waals surface area contributed by atoms with Crippen molar-refractivity contribution < 1.29 is 5.11 Å². The number of anilines is 1. The van der Waals surface area contributed by atoms with Gasteiger partial charge in [0.2, 0.25) is 0 Å². The van der Waals surface area contributed by atoms with Crippen LogP contribution in [0, 0.1) is 5.92 Å². The summed E-state index contributed by atoms with van der Waals surface area (Å²) in [6.45, 7) is 0.752. The minimum atomic E-state index is -0.415. The summed E-state index contributed by atoms with van der Waals surface area (Å²) in [5.41, 5.74) is 1.72. The summed E-state index contributed by atoms with van der Waals surface area (Å²) < 4.78 is 1.83. The maximum atomic E-state index is 10.4. The van der Waals surface area contributed by atoms with Crippen molar-refractivity contribution in [1.29, 1.82) is 0 Å². The normalized spacial score (nSPS) is 24.3. The van der Waals surface area contributed by atoms with E-state index in [-0.39, 0.29) is 6.04 Å². The second-order valence-electron chi connectivity index (χ2n) is 5.99. The first-order valence-electron chi connectivity index (χ1n) is 7.59. The lowest BCUT2D eigenvalue weighted by molar-refractivity contribution is 0.166. The monoisotopic (exact) mass is 332 g/mol. The molecule has 23 heavy (non-hydrogen) atoms. The zero-order chi connectivity index (χ0) is 15.8. The topological polar surface area (TPSA) is 91.6 Å². The van der Waals surface area contributed by atoms with Gasteiger partial charge in [0, 0.05) is 18.9 Å². The molecule has 0 spiro atoms. The Balaban J connectivity index is 1.46. The van der Waals surface area contributed by atoms with E-state index >= 15 is 0 Å². The van der Waals surface area contributed by atoms with Crippen molar-refractivity contribution in [2.24, 2.45) is 5.92 Å². The fourth-order valence-corrected chi connectivity index (χ4v) is 3.43. The van der Waals surface area contributed by atoms with E-state index in [2.05, 4.69) is 25.4 Å². The van der Waals surface area contributed by atoms with Crippen molar-refractivity contribution in [3.8, 4) is 0 Å². The molecule has 3 heterocycles. The number of halogens is 1. The number of pyridine rings is 1. The number of imidazole rings is 1. The largest absolute Gasteiger partial charge is 0.391 e. The highest BCUT2D eigenvalue weighted by molar-refractivity contribution is 6.30. The quantitative estimate of drug-likeness (QED) is 0.680. The van der Waals surface area contributed by atoms with Gasteiger partial charge in [0.1, 0.15) is 5.52 Å². The van der Waals surface area contributed by atoms with Gasteiger partial charge in [-0.3, -0.25) is 4.68 Å². The Morgan fingerprint density at radius 2 is 2.30 bits per heavy atom. The number of fused-ring (bicyclic) bond motifs is 1. The summed E-state index contributed by atoms with van der Waals surface area (Å²) in [7, 11) is 0. The van der Waals surface area contributed by atoms with E-state index < -0.39 is 6.10 Å². The molecule has 0 saturated heterocycles. The molecule has 3 aromatic heterocycles. The molecular formula is C15H17ClN6O. The Hall–Kier alpha value is -2.12. The number of aromatic amines is 1. The van der Waals surface area contributed by atoms with Gasteiger partial charge in [-0.05, 0) is 24.8 Å². The molecule has 0 bridgehead atoms. The molecule has 120 valence electrons. The van der Waals surface area contributed by atoms with E-state index in [4.69, 9.17) is 11.6 Å². The summed E-state index contributed by atoms with van der Waals surface area (Å²) in [4.78, 5) is 11.7. The predicted molar refractivity (Wildman–Crippen MR) is 87.3 cm³/mol. The molecule has 0 radical (unpaired) electrons. The third-order valence-electron chi connectivity index (χ3n) is 4.33. The van der Waals surface area contributed by atoms with Gasteiger partial charge < -0.3 is 15.4 Å². The van der Waals surface area contributed by atoms with Gasteiger partial charge in [0.05, 0.1) is 35.2 Å². The predicted octanol–water partition coefficient (Wildman–Crippen LogP) is 2.06. The third kappa shape index (κ3) is 2.89. The Kier molecular flexibility index (Phi) is 3.66. The second-order valence-corrected chi connectivity index (χ2v) is 6.43. The molecule has 0 aliphatic heterocycles. The van der Waals surface area contributed by atoms with Gasteiger partial charge in [0.15, 0.2) is 5.82 Å². The van der Waals surface area contributed by atoms with Crippen molar-refractivity contribution >= 4 is 28.5 Å². The van der Waals surface area contributed by atoms with E-state index in [1.54, 1.807) is 24.9 Å². The summed E-state index contributed by atoms with van der Waals surface area (Å²) >= 11 is 5.89. The van der Waals surface area contributed by atoms with Gasteiger partial charge in [-0.15, -0.1) is 0 Å². The lowest BCUT2D eigenvalue weighted by Gasteiger charge is -2.17. The summed E-state index contributed by atoms with van der Waals surface area (Å²) in [5.74, 6) is 1.05. The molecule has 4 rings (SSSR count). The number of nitrogens with zero attached hydrogens (tertiary/aromatic N) is 4. The molecule has 3 N–H and O–H groups in total. The average molecular weight is 333 g/mol. The number of hydrogen-bond donors (Lipinski definition) is 3. The highest BCUT2D eigenvalue weighted by Gasteiger charge is 2.33. The van der Waals surface area contributed by atoms with Crippen molar-refractivity contribution in [2.45, 2.75) is 31.5 Å². The molecule has 3 atom stereocenters. The molecule has 8 heteroatoms. The van der Waals surface area contributed by atoms with Crippen molar-refractivity contribution in [2.75, 3.05) is 5.32 Å². The zero-order valence-corrected chi connectivity index (χ0v) is 13.1. The minimum Gasteiger partial charge on any atom is -0.391 e. The van der Waals surface area contributed by atoms with E-state index in [0.717, 1.165) is 30.4 Å². The molecule has 3 aromatic rings. The second kappa shape index (κ2) is 5.82. The fourth-order valence-electron chi connectivity index (χ4n) is 3.27. The Bertz CT molecular complexity index is 815. The van der Waals surface area contributed by atoms with Crippen LogP contribution in [0.5, 0.6) is 0 Å². The number of hydrogen-bond acceptors (Lipinski definition) is 5. The van der Waals surface area contributed by atoms with E-state index in [1.165, 1.54) is 0 Å². The maximum absolute atomic E-state index is 10.4. The van der Waals surface area contributed by atoms with Crippen LogP contribution in [-0.2, 0) is 6.54 Å². The molecule has 1 aliphatic carbocycles. The highest BCUT2D eigenvalue weighted by Crippen LogP contribution is 2.30. The van der Waals surface area contributed by atoms with E-state index in [1.807, 2.05) is 10.7 Å². The van der Waals surface area contributed by atoms with Crippen molar-refractivity contribution in [3.05, 3.63) is 36.0 Å². The first-order chi connectivity index (χ1) is 11.2. The average Bonchev–Trinajstić information content (AvgIpc) is 3.22. The van der Waals surface area contributed by atoms with Gasteiger partial charge >= 0.3 is 0 Å². The van der Waals surface area contributed by atoms with Crippen LogP contribution in [0.25, 0.3) is 11.0 Å². The van der Waals surface area contributed by atoms with E-state index in [0.29, 0.717) is 16.8 Å². The van der Waals surface area contributed by atoms with Crippen LogP contribution in [0.2, 0.25) is 5.02 Å². The summed E-state index contributed by atoms with van der Waals surface area (Å²) in [6.07, 6.45) is 7.97. The smallest absolute Gasteiger partial charge is 0.154 e. The third-order valence-corrected chi connectivity index (χ3v) is 4.53. The number of aliphatic hydroxyl groups excluding tert-OH is 1. The lowest BCUT2D eigenvalue weighted by atomic mass is 10.1. The molecule has 1 saturated carbocycles.